The fraction of sp³-hybridized carbons (Fsp3) is 0.538. The third kappa shape index (κ3) is 2.41. The summed E-state index contributed by atoms with van der Waals surface area (Å²) in [6.45, 7) is 2.64. The third-order valence-electron chi connectivity index (χ3n) is 3.50. The predicted octanol–water partition coefficient (Wildman–Crippen LogP) is 2.82. The molecule has 1 aromatic carbocycles. The van der Waals surface area contributed by atoms with Crippen molar-refractivity contribution >= 4 is 11.4 Å². The summed E-state index contributed by atoms with van der Waals surface area (Å²) in [4.78, 5) is 1.87. The van der Waals surface area contributed by atoms with Gasteiger partial charge in [-0.15, -0.1) is 0 Å². The van der Waals surface area contributed by atoms with Crippen LogP contribution in [0.3, 0.4) is 0 Å². The number of hydrogen-bond donors (Lipinski definition) is 1. The highest BCUT2D eigenvalue weighted by molar-refractivity contribution is 5.60. The first kappa shape index (κ1) is 13.1. The van der Waals surface area contributed by atoms with Crippen LogP contribution in [0.25, 0.3) is 0 Å². The molecule has 1 saturated heterocycles. The fourth-order valence-corrected chi connectivity index (χ4v) is 2.48. The number of halogens is 2. The van der Waals surface area contributed by atoms with Crippen LogP contribution < -0.4 is 10.6 Å². The number of nitrogen functional groups attached to an aromatic ring is 1. The molecule has 3 nitrogen and oxygen atoms in total. The maximum Gasteiger partial charge on any atom is 0.265 e. The molecule has 2 atom stereocenters. The molecule has 5 heteroatoms. The zero-order valence-corrected chi connectivity index (χ0v) is 10.6. The SMILES string of the molecule is CC1OCCC1N(C)c1ccc(N)cc1C(F)F. The number of ether oxygens (including phenoxy) is 1. The van der Waals surface area contributed by atoms with Crippen molar-refractivity contribution in [3.63, 3.8) is 0 Å². The summed E-state index contributed by atoms with van der Waals surface area (Å²) < 4.78 is 31.6. The molecule has 0 amide bonds. The molecule has 0 aliphatic carbocycles. The van der Waals surface area contributed by atoms with Gasteiger partial charge in [-0.1, -0.05) is 0 Å². The van der Waals surface area contributed by atoms with Crippen LogP contribution >= 0.6 is 0 Å². The molecule has 0 aromatic heterocycles. The first-order chi connectivity index (χ1) is 8.50. The molecular formula is C13H18F2N2O. The van der Waals surface area contributed by atoms with Gasteiger partial charge in [-0.25, -0.2) is 8.78 Å². The monoisotopic (exact) mass is 256 g/mol. The zero-order chi connectivity index (χ0) is 13.3. The van der Waals surface area contributed by atoms with E-state index in [9.17, 15) is 8.78 Å². The molecule has 2 unspecified atom stereocenters. The Labute approximate surface area is 106 Å². The van der Waals surface area contributed by atoms with Gasteiger partial charge in [0.2, 0.25) is 0 Å². The van der Waals surface area contributed by atoms with E-state index in [0.717, 1.165) is 6.42 Å². The number of nitrogens with zero attached hydrogens (tertiary/aromatic N) is 1. The highest BCUT2D eigenvalue weighted by Crippen LogP contribution is 2.34. The summed E-state index contributed by atoms with van der Waals surface area (Å²) in [6, 6.07) is 4.78. The molecule has 2 N–H and O–H groups in total. The lowest BCUT2D eigenvalue weighted by Crippen LogP contribution is -2.37. The number of benzene rings is 1. The lowest BCUT2D eigenvalue weighted by atomic mass is 10.1. The minimum absolute atomic E-state index is 0.0170. The van der Waals surface area contributed by atoms with Gasteiger partial charge in [0.1, 0.15) is 0 Å². The van der Waals surface area contributed by atoms with Crippen LogP contribution in [0.2, 0.25) is 0 Å². The smallest absolute Gasteiger partial charge is 0.265 e. The van der Waals surface area contributed by atoms with Crippen molar-refractivity contribution in [1.29, 1.82) is 0 Å². The normalized spacial score (nSPS) is 23.6. The largest absolute Gasteiger partial charge is 0.399 e. The highest BCUT2D eigenvalue weighted by atomic mass is 19.3. The summed E-state index contributed by atoms with van der Waals surface area (Å²) in [7, 11) is 1.83. The van der Waals surface area contributed by atoms with Gasteiger partial charge in [-0.2, -0.15) is 0 Å². The molecule has 2 rings (SSSR count). The highest BCUT2D eigenvalue weighted by Gasteiger charge is 2.30. The van der Waals surface area contributed by atoms with E-state index >= 15 is 0 Å². The van der Waals surface area contributed by atoms with Crippen molar-refractivity contribution in [2.75, 3.05) is 24.3 Å². The number of rotatable bonds is 3. The molecule has 0 spiro atoms. The van der Waals surface area contributed by atoms with Gasteiger partial charge < -0.3 is 15.4 Å². The molecule has 1 aliphatic rings. The minimum atomic E-state index is -2.52. The van der Waals surface area contributed by atoms with Crippen LogP contribution in [0.15, 0.2) is 18.2 Å². The van der Waals surface area contributed by atoms with Crippen molar-refractivity contribution in [2.45, 2.75) is 31.9 Å². The quantitative estimate of drug-likeness (QED) is 0.845. The Morgan fingerprint density at radius 1 is 1.44 bits per heavy atom. The Bertz CT molecular complexity index is 425. The average Bonchev–Trinajstić information content (AvgIpc) is 2.74. The maximum absolute atomic E-state index is 13.0. The van der Waals surface area contributed by atoms with Gasteiger partial charge in [-0.3, -0.25) is 0 Å². The van der Waals surface area contributed by atoms with E-state index in [4.69, 9.17) is 10.5 Å². The van der Waals surface area contributed by atoms with Crippen LogP contribution in [0.5, 0.6) is 0 Å². The number of alkyl halides is 2. The van der Waals surface area contributed by atoms with E-state index in [0.29, 0.717) is 18.0 Å². The standard InChI is InChI=1S/C13H18F2N2O/c1-8-11(5-6-18-8)17(2)12-4-3-9(16)7-10(12)13(14)15/h3-4,7-8,11,13H,5-6,16H2,1-2H3. The van der Waals surface area contributed by atoms with Crippen LogP contribution in [-0.4, -0.2) is 25.8 Å². The summed E-state index contributed by atoms with van der Waals surface area (Å²) in [5.41, 5.74) is 6.44. The lowest BCUT2D eigenvalue weighted by Gasteiger charge is -2.30. The van der Waals surface area contributed by atoms with E-state index in [1.54, 1.807) is 12.1 Å². The molecule has 1 aromatic rings. The molecular weight excluding hydrogens is 238 g/mol. The van der Waals surface area contributed by atoms with E-state index in [1.165, 1.54) is 6.07 Å². The van der Waals surface area contributed by atoms with E-state index in [-0.39, 0.29) is 17.7 Å². The van der Waals surface area contributed by atoms with Gasteiger partial charge in [0.25, 0.3) is 6.43 Å². The maximum atomic E-state index is 13.0. The van der Waals surface area contributed by atoms with Crippen molar-refractivity contribution in [1.82, 2.24) is 0 Å². The van der Waals surface area contributed by atoms with E-state index in [1.807, 2.05) is 18.9 Å². The lowest BCUT2D eigenvalue weighted by molar-refractivity contribution is 0.118. The van der Waals surface area contributed by atoms with E-state index < -0.39 is 6.43 Å². The second-order valence-electron chi connectivity index (χ2n) is 4.66. The zero-order valence-electron chi connectivity index (χ0n) is 10.6. The third-order valence-corrected chi connectivity index (χ3v) is 3.50. The van der Waals surface area contributed by atoms with Gasteiger partial charge in [0, 0.05) is 30.6 Å². The Hall–Kier alpha value is -1.36. The molecule has 0 saturated carbocycles. The molecule has 0 radical (unpaired) electrons. The molecule has 100 valence electrons. The minimum Gasteiger partial charge on any atom is -0.399 e. The second-order valence-corrected chi connectivity index (χ2v) is 4.66. The summed E-state index contributed by atoms with van der Waals surface area (Å²) in [6.07, 6.45) is -1.62. The van der Waals surface area contributed by atoms with Crippen molar-refractivity contribution in [2.24, 2.45) is 0 Å². The Morgan fingerprint density at radius 3 is 2.72 bits per heavy atom. The van der Waals surface area contributed by atoms with Crippen molar-refractivity contribution < 1.29 is 13.5 Å². The topological polar surface area (TPSA) is 38.5 Å². The van der Waals surface area contributed by atoms with E-state index in [2.05, 4.69) is 0 Å². The molecule has 0 bridgehead atoms. The summed E-state index contributed by atoms with van der Waals surface area (Å²) >= 11 is 0. The Kier molecular flexibility index (Phi) is 3.71. The second kappa shape index (κ2) is 5.10. The van der Waals surface area contributed by atoms with Gasteiger partial charge >= 0.3 is 0 Å². The van der Waals surface area contributed by atoms with Crippen LogP contribution in [0.4, 0.5) is 20.2 Å². The van der Waals surface area contributed by atoms with Gasteiger partial charge in [-0.05, 0) is 31.5 Å². The van der Waals surface area contributed by atoms with Crippen molar-refractivity contribution in [3.8, 4) is 0 Å². The molecule has 1 aliphatic heterocycles. The predicted molar refractivity (Wildman–Crippen MR) is 68.0 cm³/mol. The van der Waals surface area contributed by atoms with Gasteiger partial charge in [0.05, 0.1) is 12.1 Å². The number of likely N-dealkylation sites (N-methyl/N-ethyl adjacent to an activating group) is 1. The number of hydrogen-bond acceptors (Lipinski definition) is 3. The Balaban J connectivity index is 2.32. The molecule has 1 fully saturated rings. The fourth-order valence-electron chi connectivity index (χ4n) is 2.48. The molecule has 1 heterocycles. The van der Waals surface area contributed by atoms with Crippen LogP contribution in [0.1, 0.15) is 25.3 Å². The first-order valence-electron chi connectivity index (χ1n) is 6.02. The number of nitrogens with two attached hydrogens (primary N) is 1. The Morgan fingerprint density at radius 2 is 2.17 bits per heavy atom. The van der Waals surface area contributed by atoms with Crippen LogP contribution in [0, 0.1) is 0 Å². The van der Waals surface area contributed by atoms with Crippen LogP contribution in [-0.2, 0) is 4.74 Å². The summed E-state index contributed by atoms with van der Waals surface area (Å²) in [5.74, 6) is 0. The summed E-state index contributed by atoms with van der Waals surface area (Å²) in [5, 5.41) is 0. The van der Waals surface area contributed by atoms with Gasteiger partial charge in [0.15, 0.2) is 0 Å². The average molecular weight is 256 g/mol. The molecule has 18 heavy (non-hydrogen) atoms. The first-order valence-corrected chi connectivity index (χ1v) is 6.02. The van der Waals surface area contributed by atoms with Crippen molar-refractivity contribution in [3.05, 3.63) is 23.8 Å². The number of anilines is 2.